The number of nitrogens with zero attached hydrogens (tertiary/aromatic N) is 2. The smallest absolute Gasteiger partial charge is 0.132 e. The molecule has 0 aliphatic heterocycles. The zero-order valence-electron chi connectivity index (χ0n) is 9.72. The molecule has 0 fully saturated rings. The Hall–Kier alpha value is -0.210. The molecule has 0 spiro atoms. The van der Waals surface area contributed by atoms with Crippen molar-refractivity contribution in [2.45, 2.75) is 46.0 Å². The lowest BCUT2D eigenvalue weighted by Gasteiger charge is -2.06. The highest BCUT2D eigenvalue weighted by Crippen LogP contribution is 2.26. The van der Waals surface area contributed by atoms with Crippen molar-refractivity contribution in [1.29, 1.82) is 0 Å². The first-order valence-electron chi connectivity index (χ1n) is 5.29. The minimum Gasteiger partial charge on any atom is -0.251 e. The molecule has 1 aromatic rings. The predicted octanol–water partition coefficient (Wildman–Crippen LogP) is 4.05. The molecule has 1 rings (SSSR count). The van der Waals surface area contributed by atoms with Gasteiger partial charge in [-0.25, -0.2) is 0 Å². The highest BCUT2D eigenvalue weighted by molar-refractivity contribution is 6.31. The molecule has 0 radical (unpaired) electrons. The minimum atomic E-state index is 0.278. The Labute approximate surface area is 102 Å². The average molecular weight is 249 g/mol. The maximum Gasteiger partial charge on any atom is 0.132 e. The van der Waals surface area contributed by atoms with Crippen molar-refractivity contribution in [1.82, 2.24) is 9.78 Å². The first-order valence-corrected chi connectivity index (χ1v) is 6.20. The van der Waals surface area contributed by atoms with E-state index in [1.165, 1.54) is 0 Å². The standard InChI is InChI=1S/C11H18Cl2N2/c1-7(2)5-10-9(6-12)11(13)15(14-10)8(3)4/h7-8H,5-6H2,1-4H3. The summed E-state index contributed by atoms with van der Waals surface area (Å²) < 4.78 is 1.84. The van der Waals surface area contributed by atoms with Crippen molar-refractivity contribution in [3.05, 3.63) is 16.4 Å². The molecule has 0 aromatic carbocycles. The summed E-state index contributed by atoms with van der Waals surface area (Å²) in [7, 11) is 0. The number of rotatable bonds is 4. The van der Waals surface area contributed by atoms with Gasteiger partial charge in [0.2, 0.25) is 0 Å². The molecule has 1 aromatic heterocycles. The Morgan fingerprint density at radius 1 is 1.27 bits per heavy atom. The van der Waals surface area contributed by atoms with Crippen molar-refractivity contribution in [3.63, 3.8) is 0 Å². The lowest BCUT2D eigenvalue weighted by molar-refractivity contribution is 0.519. The van der Waals surface area contributed by atoms with Crippen LogP contribution in [0.2, 0.25) is 5.15 Å². The third-order valence-corrected chi connectivity index (χ3v) is 2.92. The Morgan fingerprint density at radius 3 is 2.27 bits per heavy atom. The first kappa shape index (κ1) is 12.9. The van der Waals surface area contributed by atoms with E-state index in [0.717, 1.165) is 17.7 Å². The van der Waals surface area contributed by atoms with Crippen molar-refractivity contribution in [2.75, 3.05) is 0 Å². The molecule has 4 heteroatoms. The van der Waals surface area contributed by atoms with Crippen molar-refractivity contribution >= 4 is 23.2 Å². The predicted molar refractivity (Wildman–Crippen MR) is 65.7 cm³/mol. The fourth-order valence-electron chi connectivity index (χ4n) is 1.52. The second kappa shape index (κ2) is 5.22. The molecule has 86 valence electrons. The number of alkyl halides is 1. The summed E-state index contributed by atoms with van der Waals surface area (Å²) in [6, 6.07) is 0.278. The van der Waals surface area contributed by atoms with E-state index in [1.54, 1.807) is 0 Å². The number of hydrogen-bond donors (Lipinski definition) is 0. The maximum absolute atomic E-state index is 6.22. The molecular formula is C11H18Cl2N2. The summed E-state index contributed by atoms with van der Waals surface area (Å²) in [5.74, 6) is 1.01. The highest BCUT2D eigenvalue weighted by Gasteiger charge is 2.17. The Bertz CT molecular complexity index is 330. The highest BCUT2D eigenvalue weighted by atomic mass is 35.5. The van der Waals surface area contributed by atoms with Crippen LogP contribution in [-0.2, 0) is 12.3 Å². The van der Waals surface area contributed by atoms with E-state index in [9.17, 15) is 0 Å². The second-order valence-electron chi connectivity index (χ2n) is 4.49. The Kier molecular flexibility index (Phi) is 4.47. The molecule has 15 heavy (non-hydrogen) atoms. The molecule has 0 aliphatic carbocycles. The molecule has 0 atom stereocenters. The zero-order chi connectivity index (χ0) is 11.6. The molecule has 0 bridgehead atoms. The number of hydrogen-bond acceptors (Lipinski definition) is 1. The van der Waals surface area contributed by atoms with Gasteiger partial charge < -0.3 is 0 Å². The van der Waals surface area contributed by atoms with E-state index in [2.05, 4.69) is 32.8 Å². The molecule has 2 nitrogen and oxygen atoms in total. The fraction of sp³-hybridized carbons (Fsp3) is 0.727. The normalized spacial score (nSPS) is 11.7. The molecule has 1 heterocycles. The van der Waals surface area contributed by atoms with Gasteiger partial charge in [0.25, 0.3) is 0 Å². The van der Waals surface area contributed by atoms with Gasteiger partial charge in [0.1, 0.15) is 5.15 Å². The summed E-state index contributed by atoms with van der Waals surface area (Å²) >= 11 is 12.1. The largest absolute Gasteiger partial charge is 0.251 e. The third kappa shape index (κ3) is 2.88. The number of aromatic nitrogens is 2. The third-order valence-electron chi connectivity index (χ3n) is 2.25. The Morgan fingerprint density at radius 2 is 1.87 bits per heavy atom. The SMILES string of the molecule is CC(C)Cc1nn(C(C)C)c(Cl)c1CCl. The summed E-state index contributed by atoms with van der Waals surface area (Å²) in [4.78, 5) is 0. The van der Waals surface area contributed by atoms with Crippen LogP contribution in [0.1, 0.15) is 45.0 Å². The van der Waals surface area contributed by atoms with Crippen LogP contribution in [-0.4, -0.2) is 9.78 Å². The van der Waals surface area contributed by atoms with Gasteiger partial charge >= 0.3 is 0 Å². The van der Waals surface area contributed by atoms with E-state index in [-0.39, 0.29) is 6.04 Å². The van der Waals surface area contributed by atoms with Crippen LogP contribution in [0.4, 0.5) is 0 Å². The lowest BCUT2D eigenvalue weighted by atomic mass is 10.1. The molecule has 0 amide bonds. The van der Waals surface area contributed by atoms with Gasteiger partial charge in [-0.1, -0.05) is 25.4 Å². The molecular weight excluding hydrogens is 231 g/mol. The van der Waals surface area contributed by atoms with E-state index < -0.39 is 0 Å². The van der Waals surface area contributed by atoms with Crippen LogP contribution in [0, 0.1) is 5.92 Å². The van der Waals surface area contributed by atoms with E-state index >= 15 is 0 Å². The molecule has 0 saturated carbocycles. The van der Waals surface area contributed by atoms with Gasteiger partial charge in [-0.05, 0) is 26.2 Å². The summed E-state index contributed by atoms with van der Waals surface area (Å²) in [5.41, 5.74) is 2.03. The molecule has 0 N–H and O–H groups in total. The van der Waals surface area contributed by atoms with Crippen LogP contribution >= 0.6 is 23.2 Å². The molecule has 0 saturated heterocycles. The van der Waals surface area contributed by atoms with Crippen LogP contribution in [0.25, 0.3) is 0 Å². The molecule has 0 aliphatic rings. The van der Waals surface area contributed by atoms with Gasteiger partial charge in [0.05, 0.1) is 11.6 Å². The van der Waals surface area contributed by atoms with Gasteiger partial charge in [-0.15, -0.1) is 11.6 Å². The van der Waals surface area contributed by atoms with E-state index in [1.807, 2.05) is 4.68 Å². The van der Waals surface area contributed by atoms with Crippen LogP contribution < -0.4 is 0 Å². The van der Waals surface area contributed by atoms with Crippen LogP contribution in [0.3, 0.4) is 0 Å². The average Bonchev–Trinajstić information content (AvgIpc) is 2.41. The monoisotopic (exact) mass is 248 g/mol. The van der Waals surface area contributed by atoms with Gasteiger partial charge in [0, 0.05) is 11.6 Å². The topological polar surface area (TPSA) is 17.8 Å². The number of halogens is 2. The van der Waals surface area contributed by atoms with Gasteiger partial charge in [-0.3, -0.25) is 4.68 Å². The van der Waals surface area contributed by atoms with Crippen molar-refractivity contribution in [3.8, 4) is 0 Å². The summed E-state index contributed by atoms with van der Waals surface area (Å²) in [5, 5.41) is 5.21. The van der Waals surface area contributed by atoms with Crippen molar-refractivity contribution < 1.29 is 0 Å². The first-order chi connectivity index (χ1) is 6.97. The quantitative estimate of drug-likeness (QED) is 0.736. The van der Waals surface area contributed by atoms with Crippen LogP contribution in [0.5, 0.6) is 0 Å². The van der Waals surface area contributed by atoms with Gasteiger partial charge in [0.15, 0.2) is 0 Å². The molecule has 0 unspecified atom stereocenters. The maximum atomic E-state index is 6.22. The Balaban J connectivity index is 3.10. The van der Waals surface area contributed by atoms with Gasteiger partial charge in [-0.2, -0.15) is 5.10 Å². The van der Waals surface area contributed by atoms with Crippen LogP contribution in [0.15, 0.2) is 0 Å². The van der Waals surface area contributed by atoms with E-state index in [0.29, 0.717) is 17.0 Å². The zero-order valence-corrected chi connectivity index (χ0v) is 11.2. The summed E-state index contributed by atoms with van der Waals surface area (Å²) in [6.45, 7) is 8.46. The second-order valence-corrected chi connectivity index (χ2v) is 5.11. The van der Waals surface area contributed by atoms with Crippen molar-refractivity contribution in [2.24, 2.45) is 5.92 Å². The lowest BCUT2D eigenvalue weighted by Crippen LogP contribution is -2.04. The summed E-state index contributed by atoms with van der Waals surface area (Å²) in [6.07, 6.45) is 0.932. The fourth-order valence-corrected chi connectivity index (χ4v) is 2.27. The van der Waals surface area contributed by atoms with E-state index in [4.69, 9.17) is 23.2 Å². The minimum absolute atomic E-state index is 0.278.